The van der Waals surface area contributed by atoms with E-state index in [0.717, 1.165) is 6.54 Å². The second kappa shape index (κ2) is 5.21. The van der Waals surface area contributed by atoms with Gasteiger partial charge in [0, 0.05) is 13.1 Å². The number of thiol groups is 1. The number of carbonyl (C=O) groups excluding carboxylic acids is 1. The summed E-state index contributed by atoms with van der Waals surface area (Å²) in [4.78, 5) is 13.2. The Morgan fingerprint density at radius 2 is 2.27 bits per heavy atom. The SMILES string of the molecule is CN1CCCC(C(C)(C)CNC(=O)S)C1. The topological polar surface area (TPSA) is 32.3 Å². The molecule has 0 aromatic rings. The van der Waals surface area contributed by atoms with E-state index >= 15 is 0 Å². The average molecular weight is 230 g/mol. The first-order chi connectivity index (χ1) is 6.92. The minimum absolute atomic E-state index is 0.160. The van der Waals surface area contributed by atoms with Crippen molar-refractivity contribution in [2.24, 2.45) is 11.3 Å². The number of carbonyl (C=O) groups is 1. The van der Waals surface area contributed by atoms with E-state index in [1.807, 2.05) is 0 Å². The summed E-state index contributed by atoms with van der Waals surface area (Å²) in [5.74, 6) is 0.663. The lowest BCUT2D eigenvalue weighted by Gasteiger charge is -2.40. The van der Waals surface area contributed by atoms with Crippen LogP contribution in [0, 0.1) is 11.3 Å². The maximum Gasteiger partial charge on any atom is 0.275 e. The molecule has 1 amide bonds. The Kier molecular flexibility index (Phi) is 4.46. The monoisotopic (exact) mass is 230 g/mol. The zero-order valence-corrected chi connectivity index (χ0v) is 10.8. The molecule has 4 heteroatoms. The highest BCUT2D eigenvalue weighted by Crippen LogP contribution is 2.32. The Morgan fingerprint density at radius 1 is 1.60 bits per heavy atom. The highest BCUT2D eigenvalue weighted by molar-refractivity contribution is 7.96. The summed E-state index contributed by atoms with van der Waals surface area (Å²) in [6.45, 7) is 7.50. The van der Waals surface area contributed by atoms with E-state index in [0.29, 0.717) is 12.5 Å². The van der Waals surface area contributed by atoms with Crippen LogP contribution in [-0.4, -0.2) is 36.8 Å². The van der Waals surface area contributed by atoms with Crippen LogP contribution in [0.5, 0.6) is 0 Å². The molecule has 1 N–H and O–H groups in total. The van der Waals surface area contributed by atoms with Crippen molar-refractivity contribution >= 4 is 17.9 Å². The van der Waals surface area contributed by atoms with Crippen LogP contribution >= 0.6 is 12.6 Å². The average Bonchev–Trinajstić information content (AvgIpc) is 2.15. The standard InChI is InChI=1S/C11H22N2OS/c1-11(2,8-12-10(14)15)9-5-4-6-13(3)7-9/h9H,4-8H2,1-3H3,(H2,12,14,15). The molecule has 0 aliphatic carbocycles. The van der Waals surface area contributed by atoms with E-state index in [9.17, 15) is 4.79 Å². The fourth-order valence-corrected chi connectivity index (χ4v) is 2.33. The smallest absolute Gasteiger partial charge is 0.275 e. The van der Waals surface area contributed by atoms with Gasteiger partial charge in [0.2, 0.25) is 0 Å². The van der Waals surface area contributed by atoms with Gasteiger partial charge in [-0.3, -0.25) is 4.79 Å². The Balaban J connectivity index is 2.47. The van der Waals surface area contributed by atoms with E-state index in [4.69, 9.17) is 0 Å². The van der Waals surface area contributed by atoms with Gasteiger partial charge in [-0.05, 0) is 37.8 Å². The second-order valence-corrected chi connectivity index (χ2v) is 5.65. The van der Waals surface area contributed by atoms with Gasteiger partial charge in [-0.25, -0.2) is 0 Å². The first kappa shape index (κ1) is 12.8. The van der Waals surface area contributed by atoms with Gasteiger partial charge in [0.1, 0.15) is 0 Å². The number of hydrogen-bond acceptors (Lipinski definition) is 2. The third-order valence-corrected chi connectivity index (χ3v) is 3.58. The van der Waals surface area contributed by atoms with Crippen LogP contribution in [0.3, 0.4) is 0 Å². The molecule has 1 rings (SSSR count). The van der Waals surface area contributed by atoms with Gasteiger partial charge in [-0.1, -0.05) is 26.5 Å². The van der Waals surface area contributed by atoms with Crippen molar-refractivity contribution in [2.45, 2.75) is 26.7 Å². The molecular formula is C11H22N2OS. The highest BCUT2D eigenvalue weighted by Gasteiger charge is 2.32. The molecule has 0 aromatic carbocycles. The number of nitrogens with one attached hydrogen (secondary N) is 1. The first-order valence-corrected chi connectivity index (χ1v) is 6.02. The highest BCUT2D eigenvalue weighted by atomic mass is 32.1. The van der Waals surface area contributed by atoms with Crippen molar-refractivity contribution in [3.05, 3.63) is 0 Å². The van der Waals surface area contributed by atoms with Gasteiger partial charge >= 0.3 is 0 Å². The summed E-state index contributed by atoms with van der Waals surface area (Å²) < 4.78 is 0. The van der Waals surface area contributed by atoms with Gasteiger partial charge in [0.25, 0.3) is 5.24 Å². The predicted octanol–water partition coefficient (Wildman–Crippen LogP) is 1.99. The molecule has 0 radical (unpaired) electrons. The number of likely N-dealkylation sites (tertiary alicyclic amines) is 1. The van der Waals surface area contributed by atoms with Crippen molar-refractivity contribution < 1.29 is 4.79 Å². The maximum absolute atomic E-state index is 10.8. The molecule has 3 nitrogen and oxygen atoms in total. The Bertz CT molecular complexity index is 231. The molecule has 15 heavy (non-hydrogen) atoms. The lowest BCUT2D eigenvalue weighted by molar-refractivity contribution is 0.105. The largest absolute Gasteiger partial charge is 0.347 e. The number of hydrogen-bond donors (Lipinski definition) is 2. The third kappa shape index (κ3) is 4.03. The van der Waals surface area contributed by atoms with Crippen molar-refractivity contribution in [1.29, 1.82) is 0 Å². The summed E-state index contributed by atoms with van der Waals surface area (Å²) in [5.41, 5.74) is 0.160. The maximum atomic E-state index is 10.8. The van der Waals surface area contributed by atoms with Crippen molar-refractivity contribution in [3.8, 4) is 0 Å². The van der Waals surface area contributed by atoms with Crippen LogP contribution in [0.2, 0.25) is 0 Å². The molecular weight excluding hydrogens is 208 g/mol. The summed E-state index contributed by atoms with van der Waals surface area (Å²) in [6.07, 6.45) is 2.53. The van der Waals surface area contributed by atoms with Crippen LogP contribution in [-0.2, 0) is 0 Å². The summed E-state index contributed by atoms with van der Waals surface area (Å²) in [7, 11) is 2.17. The molecule has 0 saturated carbocycles. The summed E-state index contributed by atoms with van der Waals surface area (Å²) >= 11 is 3.73. The molecule has 88 valence electrons. The molecule has 1 atom stereocenters. The second-order valence-electron chi connectivity index (χ2n) is 5.25. The van der Waals surface area contributed by atoms with Crippen LogP contribution < -0.4 is 5.32 Å². The molecule has 1 heterocycles. The van der Waals surface area contributed by atoms with Crippen molar-refractivity contribution in [2.75, 3.05) is 26.7 Å². The molecule has 1 saturated heterocycles. The molecule has 0 aromatic heterocycles. The summed E-state index contributed by atoms with van der Waals surface area (Å²) in [6, 6.07) is 0. The number of amides is 1. The molecule has 1 fully saturated rings. The zero-order valence-electron chi connectivity index (χ0n) is 9.92. The quantitative estimate of drug-likeness (QED) is 0.727. The number of nitrogens with zero attached hydrogens (tertiary/aromatic N) is 1. The van der Waals surface area contributed by atoms with E-state index in [1.165, 1.54) is 19.4 Å². The summed E-state index contributed by atoms with van der Waals surface area (Å²) in [5, 5.41) is 2.58. The van der Waals surface area contributed by atoms with Crippen LogP contribution in [0.25, 0.3) is 0 Å². The fraction of sp³-hybridized carbons (Fsp3) is 0.909. The van der Waals surface area contributed by atoms with Crippen LogP contribution in [0.1, 0.15) is 26.7 Å². The van der Waals surface area contributed by atoms with Gasteiger partial charge in [0.15, 0.2) is 0 Å². The number of rotatable bonds is 3. The molecule has 1 aliphatic heterocycles. The molecule has 0 bridgehead atoms. The molecule has 0 spiro atoms. The van der Waals surface area contributed by atoms with Gasteiger partial charge < -0.3 is 10.2 Å². The Labute approximate surface area is 98.0 Å². The van der Waals surface area contributed by atoms with E-state index in [1.54, 1.807) is 0 Å². The fourth-order valence-electron chi connectivity index (χ4n) is 2.25. The van der Waals surface area contributed by atoms with Gasteiger partial charge in [-0.2, -0.15) is 0 Å². The van der Waals surface area contributed by atoms with E-state index < -0.39 is 0 Å². The molecule has 1 aliphatic rings. The van der Waals surface area contributed by atoms with E-state index in [-0.39, 0.29) is 10.7 Å². The van der Waals surface area contributed by atoms with Gasteiger partial charge in [0.05, 0.1) is 0 Å². The van der Waals surface area contributed by atoms with Gasteiger partial charge in [-0.15, -0.1) is 0 Å². The normalized spacial score (nSPS) is 23.9. The Morgan fingerprint density at radius 3 is 2.80 bits per heavy atom. The third-order valence-electron chi connectivity index (χ3n) is 3.42. The van der Waals surface area contributed by atoms with Crippen LogP contribution in [0.4, 0.5) is 4.79 Å². The van der Waals surface area contributed by atoms with Crippen LogP contribution in [0.15, 0.2) is 0 Å². The predicted molar refractivity (Wildman–Crippen MR) is 66.4 cm³/mol. The minimum atomic E-state index is -0.229. The lowest BCUT2D eigenvalue weighted by Crippen LogP contribution is -2.44. The first-order valence-electron chi connectivity index (χ1n) is 5.57. The van der Waals surface area contributed by atoms with E-state index in [2.05, 4.69) is 43.7 Å². The van der Waals surface area contributed by atoms with Crippen molar-refractivity contribution in [3.63, 3.8) is 0 Å². The number of piperidine rings is 1. The van der Waals surface area contributed by atoms with Crippen molar-refractivity contribution in [1.82, 2.24) is 10.2 Å². The zero-order chi connectivity index (χ0) is 11.5. The lowest BCUT2D eigenvalue weighted by atomic mass is 9.74. The molecule has 1 unspecified atom stereocenters. The Hall–Kier alpha value is -0.220. The minimum Gasteiger partial charge on any atom is -0.347 e.